The van der Waals surface area contributed by atoms with Gasteiger partial charge in [0.2, 0.25) is 0 Å². The van der Waals surface area contributed by atoms with Crippen LogP contribution in [0.3, 0.4) is 0 Å². The molecule has 0 N–H and O–H groups in total. The highest BCUT2D eigenvalue weighted by atomic mass is 16.5. The van der Waals surface area contributed by atoms with Crippen molar-refractivity contribution in [1.29, 1.82) is 0 Å². The molecule has 0 radical (unpaired) electrons. The fraction of sp³-hybridized carbons (Fsp3) is 0.826. The average molecular weight is 377 g/mol. The summed E-state index contributed by atoms with van der Waals surface area (Å²) in [6, 6.07) is 0. The zero-order valence-electron chi connectivity index (χ0n) is 17.6. The number of esters is 2. The van der Waals surface area contributed by atoms with Crippen molar-refractivity contribution in [2.45, 2.75) is 72.8 Å². The minimum atomic E-state index is -0.428. The zero-order valence-corrected chi connectivity index (χ0v) is 17.6. The minimum absolute atomic E-state index is 0.0592. The van der Waals surface area contributed by atoms with Gasteiger partial charge in [-0.25, -0.2) is 4.79 Å². The van der Waals surface area contributed by atoms with Crippen molar-refractivity contribution in [1.82, 2.24) is 0 Å². The topological polar surface area (TPSA) is 52.6 Å². The van der Waals surface area contributed by atoms with Crippen LogP contribution in [0.2, 0.25) is 0 Å². The van der Waals surface area contributed by atoms with Crippen molar-refractivity contribution in [2.75, 3.05) is 6.61 Å². The summed E-state index contributed by atoms with van der Waals surface area (Å²) in [5.41, 5.74) is 0.0579. The molecule has 0 heterocycles. The Morgan fingerprint density at radius 1 is 1.15 bits per heavy atom. The van der Waals surface area contributed by atoms with Crippen LogP contribution in [-0.4, -0.2) is 24.6 Å². The van der Waals surface area contributed by atoms with E-state index in [0.29, 0.717) is 47.7 Å². The van der Waals surface area contributed by atoms with E-state index < -0.39 is 5.41 Å². The van der Waals surface area contributed by atoms with Crippen LogP contribution in [0, 0.1) is 40.9 Å². The largest absolute Gasteiger partial charge is 0.465 e. The molecule has 0 aromatic heterocycles. The van der Waals surface area contributed by atoms with Crippen LogP contribution in [0.15, 0.2) is 12.2 Å². The molecule has 0 saturated heterocycles. The van der Waals surface area contributed by atoms with Crippen molar-refractivity contribution in [3.8, 4) is 0 Å². The number of hydrogen-bond donors (Lipinski definition) is 0. The van der Waals surface area contributed by atoms with E-state index >= 15 is 0 Å². The Morgan fingerprint density at radius 3 is 2.48 bits per heavy atom. The van der Waals surface area contributed by atoms with E-state index in [1.165, 1.54) is 19.3 Å². The van der Waals surface area contributed by atoms with E-state index in [-0.39, 0.29) is 18.0 Å². The molecule has 0 amide bonds. The molecule has 0 aliphatic heterocycles. The maximum Gasteiger partial charge on any atom is 0.333 e. The number of carbonyl (C=O) groups excluding carboxylic acids is 2. The molecule has 3 aliphatic carbocycles. The third-order valence-electron chi connectivity index (χ3n) is 7.07. The fourth-order valence-corrected chi connectivity index (χ4v) is 6.00. The third kappa shape index (κ3) is 4.09. The standard InChI is InChI=1S/C23H36O4/c1-13(2)12-26-22(25)23(5,6)11-15-7-8-17-18-9-16(20(15)17)10-19(18)27-21(24)14(3)4/h13,15-20H,3,7-12H2,1-2,4-6H3. The number of ether oxygens (including phenoxy) is 2. The normalized spacial score (nSPS) is 34.6. The van der Waals surface area contributed by atoms with E-state index in [2.05, 4.69) is 20.4 Å². The van der Waals surface area contributed by atoms with Crippen LogP contribution in [0.4, 0.5) is 0 Å². The minimum Gasteiger partial charge on any atom is -0.465 e. The van der Waals surface area contributed by atoms with Gasteiger partial charge in [0, 0.05) is 5.57 Å². The van der Waals surface area contributed by atoms with Gasteiger partial charge in [-0.1, -0.05) is 20.4 Å². The number of fused-ring (bicyclic) bond motifs is 5. The van der Waals surface area contributed by atoms with Crippen molar-refractivity contribution < 1.29 is 19.1 Å². The lowest BCUT2D eigenvalue weighted by Crippen LogP contribution is -2.36. The smallest absolute Gasteiger partial charge is 0.333 e. The lowest BCUT2D eigenvalue weighted by Gasteiger charge is -2.36. The van der Waals surface area contributed by atoms with Crippen molar-refractivity contribution in [2.24, 2.45) is 40.9 Å². The fourth-order valence-electron chi connectivity index (χ4n) is 6.00. The second-order valence-electron chi connectivity index (χ2n) is 10.3. The molecule has 3 saturated carbocycles. The SMILES string of the molecule is C=C(C)C(=O)OC1CC2CC1C1CCC(CC(C)(C)C(=O)OCC(C)C)C21. The Bertz CT molecular complexity index is 605. The number of rotatable bonds is 7. The van der Waals surface area contributed by atoms with Crippen LogP contribution in [0.1, 0.15) is 66.7 Å². The molecule has 0 aromatic carbocycles. The Labute approximate surface area is 164 Å². The molecule has 0 aromatic rings. The van der Waals surface area contributed by atoms with Gasteiger partial charge >= 0.3 is 11.9 Å². The van der Waals surface area contributed by atoms with Crippen molar-refractivity contribution in [3.63, 3.8) is 0 Å². The van der Waals surface area contributed by atoms with E-state index in [9.17, 15) is 9.59 Å². The Morgan fingerprint density at radius 2 is 1.85 bits per heavy atom. The Balaban J connectivity index is 1.59. The lowest BCUT2D eigenvalue weighted by molar-refractivity contribution is -0.156. The maximum atomic E-state index is 12.6. The van der Waals surface area contributed by atoms with E-state index in [1.54, 1.807) is 6.92 Å². The van der Waals surface area contributed by atoms with Crippen LogP contribution in [0.25, 0.3) is 0 Å². The molecule has 3 fully saturated rings. The Hall–Kier alpha value is -1.32. The summed E-state index contributed by atoms with van der Waals surface area (Å²) in [7, 11) is 0. The molecular formula is C23H36O4. The van der Waals surface area contributed by atoms with Crippen LogP contribution in [-0.2, 0) is 19.1 Å². The third-order valence-corrected chi connectivity index (χ3v) is 7.07. The predicted molar refractivity (Wildman–Crippen MR) is 105 cm³/mol. The van der Waals surface area contributed by atoms with Crippen LogP contribution < -0.4 is 0 Å². The number of carbonyl (C=O) groups is 2. The summed E-state index contributed by atoms with van der Waals surface area (Å²) in [6.45, 7) is 14.1. The summed E-state index contributed by atoms with van der Waals surface area (Å²) in [5.74, 6) is 3.13. The molecule has 3 aliphatic rings. The summed E-state index contributed by atoms with van der Waals surface area (Å²) in [5, 5.41) is 0. The van der Waals surface area contributed by atoms with Gasteiger partial charge in [0.1, 0.15) is 6.10 Å². The monoisotopic (exact) mass is 376 g/mol. The molecule has 4 nitrogen and oxygen atoms in total. The highest BCUT2D eigenvalue weighted by molar-refractivity contribution is 5.87. The van der Waals surface area contributed by atoms with Gasteiger partial charge < -0.3 is 9.47 Å². The van der Waals surface area contributed by atoms with E-state index in [0.717, 1.165) is 12.8 Å². The van der Waals surface area contributed by atoms with E-state index in [1.807, 2.05) is 13.8 Å². The summed E-state index contributed by atoms with van der Waals surface area (Å²) >= 11 is 0. The maximum absolute atomic E-state index is 12.6. The van der Waals surface area contributed by atoms with E-state index in [4.69, 9.17) is 9.47 Å². The molecule has 6 atom stereocenters. The highest BCUT2D eigenvalue weighted by Gasteiger charge is 2.58. The zero-order chi connectivity index (χ0) is 19.9. The molecule has 27 heavy (non-hydrogen) atoms. The highest BCUT2D eigenvalue weighted by Crippen LogP contribution is 2.62. The molecule has 152 valence electrons. The lowest BCUT2D eigenvalue weighted by atomic mass is 9.72. The first-order valence-corrected chi connectivity index (χ1v) is 10.6. The van der Waals surface area contributed by atoms with Crippen molar-refractivity contribution in [3.05, 3.63) is 12.2 Å². The first-order valence-electron chi connectivity index (χ1n) is 10.6. The molecule has 4 heteroatoms. The number of hydrogen-bond acceptors (Lipinski definition) is 4. The quantitative estimate of drug-likeness (QED) is 0.474. The summed E-state index contributed by atoms with van der Waals surface area (Å²) in [4.78, 5) is 24.5. The van der Waals surface area contributed by atoms with Gasteiger partial charge in [-0.15, -0.1) is 0 Å². The van der Waals surface area contributed by atoms with Gasteiger partial charge in [0.25, 0.3) is 0 Å². The van der Waals surface area contributed by atoms with Gasteiger partial charge in [-0.05, 0) is 88.4 Å². The first kappa shape index (κ1) is 20.4. The second kappa shape index (κ2) is 7.60. The molecule has 2 bridgehead atoms. The Kier molecular flexibility index (Phi) is 5.74. The van der Waals surface area contributed by atoms with Gasteiger partial charge in [0.15, 0.2) is 0 Å². The molecule has 6 unspecified atom stereocenters. The van der Waals surface area contributed by atoms with Crippen LogP contribution >= 0.6 is 0 Å². The van der Waals surface area contributed by atoms with Crippen LogP contribution in [0.5, 0.6) is 0 Å². The summed E-state index contributed by atoms with van der Waals surface area (Å²) < 4.78 is 11.3. The first-order chi connectivity index (χ1) is 12.6. The molecule has 3 rings (SSSR count). The molecular weight excluding hydrogens is 340 g/mol. The van der Waals surface area contributed by atoms with Gasteiger partial charge in [-0.3, -0.25) is 4.79 Å². The van der Waals surface area contributed by atoms with Crippen molar-refractivity contribution >= 4 is 11.9 Å². The van der Waals surface area contributed by atoms with Gasteiger partial charge in [0.05, 0.1) is 12.0 Å². The average Bonchev–Trinajstić information content (AvgIpc) is 3.24. The van der Waals surface area contributed by atoms with Gasteiger partial charge in [-0.2, -0.15) is 0 Å². The predicted octanol–water partition coefficient (Wildman–Crippen LogP) is 4.77. The molecule has 0 spiro atoms. The second-order valence-corrected chi connectivity index (χ2v) is 10.3. The summed E-state index contributed by atoms with van der Waals surface area (Å²) in [6.07, 6.45) is 5.53.